The molecule has 0 aromatic heterocycles. The molecule has 0 aromatic rings. The number of hydrogen-bond acceptors (Lipinski definition) is 1. The molecule has 0 bridgehead atoms. The first kappa shape index (κ1) is 10.0. The molecule has 0 aromatic carbocycles. The molecule has 1 saturated heterocycles. The van der Waals surface area contributed by atoms with Crippen molar-refractivity contribution in [2.24, 2.45) is 0 Å². The third-order valence-corrected chi connectivity index (χ3v) is 2.70. The fourth-order valence-electron chi connectivity index (χ4n) is 1.55. The fraction of sp³-hybridized carbons (Fsp3) is 1.00. The third-order valence-electron chi connectivity index (χ3n) is 2.70. The van der Waals surface area contributed by atoms with Gasteiger partial charge in [-0.15, -0.1) is 0 Å². The van der Waals surface area contributed by atoms with Gasteiger partial charge in [0.1, 0.15) is 0 Å². The van der Waals surface area contributed by atoms with Gasteiger partial charge in [-0.25, -0.2) is 0 Å². The molecule has 0 N–H and O–H groups in total. The predicted molar refractivity (Wildman–Crippen MR) is 52.4 cm³/mol. The Morgan fingerprint density at radius 3 is 2.25 bits per heavy atom. The Morgan fingerprint density at radius 1 is 1.08 bits per heavy atom. The van der Waals surface area contributed by atoms with Gasteiger partial charge in [0, 0.05) is 0 Å². The maximum Gasteiger partial charge on any atom is 0.0888 e. The van der Waals surface area contributed by atoms with Crippen LogP contribution in [0.1, 0.15) is 58.8 Å². The maximum absolute atomic E-state index is 5.32. The van der Waals surface area contributed by atoms with E-state index in [-0.39, 0.29) is 0 Å². The van der Waals surface area contributed by atoms with Crippen molar-refractivity contribution in [2.45, 2.75) is 64.4 Å². The summed E-state index contributed by atoms with van der Waals surface area (Å²) in [5.41, 5.74) is 0.296. The number of epoxide rings is 1. The molecule has 1 aliphatic rings. The molecule has 1 atom stereocenters. The predicted octanol–water partition coefficient (Wildman–Crippen LogP) is 3.53. The molecule has 0 spiro atoms. The molecule has 1 rings (SSSR count). The van der Waals surface area contributed by atoms with Crippen LogP contribution in [0.2, 0.25) is 0 Å². The van der Waals surface area contributed by atoms with E-state index >= 15 is 0 Å². The Balaban J connectivity index is 1.77. The number of ether oxygens (including phenoxy) is 1. The number of rotatable bonds is 7. The quantitative estimate of drug-likeness (QED) is 0.420. The van der Waals surface area contributed by atoms with E-state index in [1.807, 2.05) is 0 Å². The zero-order valence-corrected chi connectivity index (χ0v) is 8.57. The van der Waals surface area contributed by atoms with Crippen LogP contribution in [0.4, 0.5) is 0 Å². The van der Waals surface area contributed by atoms with Crippen molar-refractivity contribution in [1.82, 2.24) is 0 Å². The zero-order valence-electron chi connectivity index (χ0n) is 8.57. The molecule has 0 aliphatic carbocycles. The van der Waals surface area contributed by atoms with Crippen LogP contribution in [0.3, 0.4) is 0 Å². The van der Waals surface area contributed by atoms with E-state index in [1.54, 1.807) is 0 Å². The van der Waals surface area contributed by atoms with Gasteiger partial charge in [-0.2, -0.15) is 0 Å². The SMILES string of the molecule is CCCCCCCCC1(C)CO1. The van der Waals surface area contributed by atoms with Crippen molar-refractivity contribution < 1.29 is 4.74 Å². The summed E-state index contributed by atoms with van der Waals surface area (Å²) in [5, 5.41) is 0. The highest BCUT2D eigenvalue weighted by Crippen LogP contribution is 2.31. The normalized spacial score (nSPS) is 27.5. The molecule has 12 heavy (non-hydrogen) atoms. The monoisotopic (exact) mass is 170 g/mol. The molecule has 0 radical (unpaired) electrons. The average molecular weight is 170 g/mol. The van der Waals surface area contributed by atoms with E-state index in [9.17, 15) is 0 Å². The van der Waals surface area contributed by atoms with Crippen LogP contribution in [0.25, 0.3) is 0 Å². The summed E-state index contributed by atoms with van der Waals surface area (Å²) in [6.45, 7) is 5.49. The van der Waals surface area contributed by atoms with E-state index < -0.39 is 0 Å². The van der Waals surface area contributed by atoms with E-state index in [0.717, 1.165) is 6.61 Å². The van der Waals surface area contributed by atoms with Gasteiger partial charge in [0.05, 0.1) is 12.2 Å². The van der Waals surface area contributed by atoms with Gasteiger partial charge in [0.25, 0.3) is 0 Å². The number of unbranched alkanes of at least 4 members (excludes halogenated alkanes) is 5. The highest BCUT2D eigenvalue weighted by Gasteiger charge is 2.37. The van der Waals surface area contributed by atoms with Crippen LogP contribution < -0.4 is 0 Å². The van der Waals surface area contributed by atoms with Gasteiger partial charge in [-0.05, 0) is 13.3 Å². The molecule has 1 heterocycles. The Morgan fingerprint density at radius 2 is 1.67 bits per heavy atom. The minimum atomic E-state index is 0.296. The maximum atomic E-state index is 5.32. The summed E-state index contributed by atoms with van der Waals surface area (Å²) in [6.07, 6.45) is 9.64. The molecule has 0 amide bonds. The minimum Gasteiger partial charge on any atom is -0.370 e. The van der Waals surface area contributed by atoms with Crippen LogP contribution in [0, 0.1) is 0 Å². The second-order valence-electron chi connectivity index (χ2n) is 4.26. The van der Waals surface area contributed by atoms with E-state index in [4.69, 9.17) is 4.74 Å². The first-order chi connectivity index (χ1) is 5.77. The van der Waals surface area contributed by atoms with Crippen molar-refractivity contribution in [3.05, 3.63) is 0 Å². The van der Waals surface area contributed by atoms with E-state index in [2.05, 4.69) is 13.8 Å². The first-order valence-corrected chi connectivity index (χ1v) is 5.41. The summed E-state index contributed by atoms with van der Waals surface area (Å²) in [7, 11) is 0. The van der Waals surface area contributed by atoms with E-state index in [0.29, 0.717) is 5.60 Å². The topological polar surface area (TPSA) is 12.5 Å². The van der Waals surface area contributed by atoms with Gasteiger partial charge in [0.2, 0.25) is 0 Å². The van der Waals surface area contributed by atoms with Crippen molar-refractivity contribution in [2.75, 3.05) is 6.61 Å². The largest absolute Gasteiger partial charge is 0.370 e. The summed E-state index contributed by atoms with van der Waals surface area (Å²) in [4.78, 5) is 0. The summed E-state index contributed by atoms with van der Waals surface area (Å²) < 4.78 is 5.32. The van der Waals surface area contributed by atoms with Crippen LogP contribution in [0.15, 0.2) is 0 Å². The van der Waals surface area contributed by atoms with Crippen molar-refractivity contribution in [3.8, 4) is 0 Å². The molecule has 1 heteroatoms. The Labute approximate surface area is 76.5 Å². The molecule has 0 saturated carbocycles. The van der Waals surface area contributed by atoms with Crippen LogP contribution in [0.5, 0.6) is 0 Å². The van der Waals surface area contributed by atoms with Crippen molar-refractivity contribution in [3.63, 3.8) is 0 Å². The Hall–Kier alpha value is -0.0400. The molecule has 72 valence electrons. The first-order valence-electron chi connectivity index (χ1n) is 5.41. The van der Waals surface area contributed by atoms with Gasteiger partial charge in [-0.3, -0.25) is 0 Å². The van der Waals surface area contributed by atoms with Gasteiger partial charge < -0.3 is 4.74 Å². The Kier molecular flexibility index (Phi) is 4.07. The summed E-state index contributed by atoms with van der Waals surface area (Å²) >= 11 is 0. The fourth-order valence-corrected chi connectivity index (χ4v) is 1.55. The molecular weight excluding hydrogens is 148 g/mol. The standard InChI is InChI=1S/C11H22O/c1-3-4-5-6-7-8-9-11(2)10-12-11/h3-10H2,1-2H3. The minimum absolute atomic E-state index is 0.296. The molecule has 1 fully saturated rings. The van der Waals surface area contributed by atoms with Crippen molar-refractivity contribution in [1.29, 1.82) is 0 Å². The second-order valence-corrected chi connectivity index (χ2v) is 4.26. The van der Waals surface area contributed by atoms with Crippen molar-refractivity contribution >= 4 is 0 Å². The zero-order chi connectivity index (χ0) is 8.86. The second kappa shape index (κ2) is 4.86. The van der Waals surface area contributed by atoms with Crippen LogP contribution in [-0.4, -0.2) is 12.2 Å². The lowest BCUT2D eigenvalue weighted by molar-refractivity contribution is 0.301. The summed E-state index contributed by atoms with van der Waals surface area (Å²) in [6, 6.07) is 0. The molecular formula is C11H22O. The average Bonchev–Trinajstić information content (AvgIpc) is 2.77. The van der Waals surface area contributed by atoms with Crippen LogP contribution in [-0.2, 0) is 4.74 Å². The smallest absolute Gasteiger partial charge is 0.0888 e. The molecule has 1 unspecified atom stereocenters. The molecule has 1 nitrogen and oxygen atoms in total. The summed E-state index contributed by atoms with van der Waals surface area (Å²) in [5.74, 6) is 0. The number of hydrogen-bond donors (Lipinski definition) is 0. The van der Waals surface area contributed by atoms with E-state index in [1.165, 1.54) is 44.9 Å². The lowest BCUT2D eigenvalue weighted by Gasteiger charge is -2.03. The lowest BCUT2D eigenvalue weighted by Crippen LogP contribution is -2.02. The van der Waals surface area contributed by atoms with Gasteiger partial charge in [0.15, 0.2) is 0 Å². The highest BCUT2D eigenvalue weighted by atomic mass is 16.6. The van der Waals surface area contributed by atoms with Gasteiger partial charge >= 0.3 is 0 Å². The highest BCUT2D eigenvalue weighted by molar-refractivity contribution is 4.86. The van der Waals surface area contributed by atoms with Crippen LogP contribution >= 0.6 is 0 Å². The molecule has 1 aliphatic heterocycles. The Bertz CT molecular complexity index is 116. The lowest BCUT2D eigenvalue weighted by atomic mass is 10.0. The van der Waals surface area contributed by atoms with Gasteiger partial charge in [-0.1, -0.05) is 45.4 Å². The third kappa shape index (κ3) is 4.10.